The Balaban J connectivity index is 1.51. The average Bonchev–Trinajstić information content (AvgIpc) is 3.22. The average molecular weight is 495 g/mol. The zero-order valence-corrected chi connectivity index (χ0v) is 20.5. The Morgan fingerprint density at radius 1 is 1.19 bits per heavy atom. The van der Waals surface area contributed by atoms with Crippen LogP contribution in [0.15, 0.2) is 36.7 Å². The molecule has 1 saturated heterocycles. The Morgan fingerprint density at radius 2 is 1.94 bits per heavy atom. The summed E-state index contributed by atoms with van der Waals surface area (Å²) < 4.78 is 27.4. The van der Waals surface area contributed by atoms with E-state index in [1.165, 1.54) is 12.0 Å². The Morgan fingerprint density at radius 3 is 2.64 bits per heavy atom. The lowest BCUT2D eigenvalue weighted by atomic mass is 10.1. The minimum Gasteiger partial charge on any atom is -0.465 e. The molecule has 2 aromatic carbocycles. The third kappa shape index (κ3) is 4.15. The van der Waals surface area contributed by atoms with Gasteiger partial charge in [0.25, 0.3) is 0 Å². The van der Waals surface area contributed by atoms with Crippen LogP contribution in [0.4, 0.5) is 14.9 Å². The van der Waals surface area contributed by atoms with Crippen molar-refractivity contribution < 1.29 is 23.8 Å². The van der Waals surface area contributed by atoms with E-state index in [-0.39, 0.29) is 30.1 Å². The van der Waals surface area contributed by atoms with Crippen molar-refractivity contribution in [2.45, 2.75) is 25.9 Å². The predicted molar refractivity (Wildman–Crippen MR) is 133 cm³/mol. The smallest absolute Gasteiger partial charge is 0.407 e. The van der Waals surface area contributed by atoms with E-state index in [9.17, 15) is 9.90 Å². The van der Waals surface area contributed by atoms with Crippen LogP contribution in [0.1, 0.15) is 13.8 Å². The van der Waals surface area contributed by atoms with Crippen LogP contribution in [0.25, 0.3) is 33.2 Å². The number of aromatic nitrogens is 4. The van der Waals surface area contributed by atoms with Gasteiger partial charge in [-0.05, 0) is 38.1 Å². The highest BCUT2D eigenvalue weighted by atomic mass is 19.1. The molecule has 1 aliphatic heterocycles. The summed E-state index contributed by atoms with van der Waals surface area (Å²) >= 11 is 0. The summed E-state index contributed by atoms with van der Waals surface area (Å²) in [4.78, 5) is 24.4. The van der Waals surface area contributed by atoms with E-state index in [1.807, 2.05) is 32.0 Å². The number of anilines is 1. The summed E-state index contributed by atoms with van der Waals surface area (Å²) in [6.45, 7) is 4.87. The molecule has 1 N–H and O–H groups in total. The summed E-state index contributed by atoms with van der Waals surface area (Å²) in [6.07, 6.45) is 2.53. The van der Waals surface area contributed by atoms with Crippen LogP contribution < -0.4 is 9.64 Å². The van der Waals surface area contributed by atoms with Crippen LogP contribution >= 0.6 is 0 Å². The first-order valence-corrected chi connectivity index (χ1v) is 11.6. The molecule has 1 fully saturated rings. The minimum atomic E-state index is -0.899. The van der Waals surface area contributed by atoms with Gasteiger partial charge in [-0.3, -0.25) is 9.58 Å². The van der Waals surface area contributed by atoms with Gasteiger partial charge in [-0.1, -0.05) is 0 Å². The fourth-order valence-corrected chi connectivity index (χ4v) is 4.91. The van der Waals surface area contributed by atoms with E-state index in [0.717, 1.165) is 11.1 Å². The normalized spacial score (nSPS) is 18.2. The topological polar surface area (TPSA) is 106 Å². The molecule has 2 aromatic heterocycles. The summed E-state index contributed by atoms with van der Waals surface area (Å²) in [5, 5.41) is 15.1. The number of rotatable bonds is 5. The Labute approximate surface area is 206 Å². The quantitative estimate of drug-likeness (QED) is 0.417. The maximum absolute atomic E-state index is 15.3. The highest BCUT2D eigenvalue weighted by Crippen LogP contribution is 2.36. The number of aryl methyl sites for hydroxylation is 1. The van der Waals surface area contributed by atoms with Crippen LogP contribution in [0.2, 0.25) is 0 Å². The fourth-order valence-electron chi connectivity index (χ4n) is 4.91. The maximum Gasteiger partial charge on any atom is 0.407 e. The summed E-state index contributed by atoms with van der Waals surface area (Å²) in [5.74, 6) is -0.287. The molecule has 0 spiro atoms. The second-order valence-corrected chi connectivity index (χ2v) is 9.09. The van der Waals surface area contributed by atoms with Crippen molar-refractivity contribution in [3.05, 3.63) is 42.5 Å². The lowest BCUT2D eigenvalue weighted by molar-refractivity contribution is 0.0489. The molecule has 0 unspecified atom stereocenters. The number of carboxylic acid groups (broad SMARTS) is 1. The van der Waals surface area contributed by atoms with Crippen molar-refractivity contribution in [2.75, 3.05) is 31.9 Å². The number of fused-ring (bicyclic) bond motifs is 2. The van der Waals surface area contributed by atoms with Gasteiger partial charge in [-0.25, -0.2) is 19.2 Å². The van der Waals surface area contributed by atoms with Crippen molar-refractivity contribution in [1.82, 2.24) is 24.6 Å². The first kappa shape index (κ1) is 23.7. The summed E-state index contributed by atoms with van der Waals surface area (Å²) in [6, 6.07) is 7.33. The first-order chi connectivity index (χ1) is 17.3. The van der Waals surface area contributed by atoms with Crippen LogP contribution in [0.3, 0.4) is 0 Å². The molecule has 11 heteroatoms. The van der Waals surface area contributed by atoms with Crippen molar-refractivity contribution in [3.63, 3.8) is 0 Å². The highest BCUT2D eigenvalue weighted by Gasteiger charge is 2.33. The molecule has 1 amide bonds. The molecule has 36 heavy (non-hydrogen) atoms. The van der Waals surface area contributed by atoms with Gasteiger partial charge >= 0.3 is 6.09 Å². The van der Waals surface area contributed by atoms with Crippen molar-refractivity contribution >= 4 is 33.6 Å². The third-order valence-corrected chi connectivity index (χ3v) is 6.44. The van der Waals surface area contributed by atoms with Crippen molar-refractivity contribution in [1.29, 1.82) is 0 Å². The van der Waals surface area contributed by atoms with Gasteiger partial charge in [0.1, 0.15) is 5.52 Å². The fraction of sp³-hybridized carbons (Fsp3) is 0.360. The summed E-state index contributed by atoms with van der Waals surface area (Å²) in [5.41, 5.74) is 2.26. The second kappa shape index (κ2) is 9.23. The lowest BCUT2D eigenvalue weighted by Crippen LogP contribution is -2.58. The van der Waals surface area contributed by atoms with Gasteiger partial charge in [0.2, 0.25) is 0 Å². The van der Waals surface area contributed by atoms with Crippen LogP contribution in [-0.4, -0.2) is 74.9 Å². The highest BCUT2D eigenvalue weighted by molar-refractivity contribution is 5.89. The maximum atomic E-state index is 15.3. The lowest BCUT2D eigenvalue weighted by Gasteiger charge is -2.43. The molecule has 0 bridgehead atoms. The number of halogens is 1. The van der Waals surface area contributed by atoms with Gasteiger partial charge in [0, 0.05) is 56.1 Å². The third-order valence-electron chi connectivity index (χ3n) is 6.44. The van der Waals surface area contributed by atoms with E-state index in [1.54, 1.807) is 30.2 Å². The van der Waals surface area contributed by atoms with Gasteiger partial charge < -0.3 is 19.5 Å². The van der Waals surface area contributed by atoms with E-state index >= 15 is 4.39 Å². The zero-order valence-electron chi connectivity index (χ0n) is 20.5. The molecule has 10 nitrogen and oxygen atoms in total. The Hall–Kier alpha value is -3.99. The minimum absolute atomic E-state index is 0.0155. The number of nitrogens with zero attached hydrogens (tertiary/aromatic N) is 6. The molecule has 0 saturated carbocycles. The van der Waals surface area contributed by atoms with Crippen LogP contribution in [0, 0.1) is 5.82 Å². The van der Waals surface area contributed by atoms with E-state index in [0.29, 0.717) is 35.4 Å². The van der Waals surface area contributed by atoms with E-state index < -0.39 is 11.9 Å². The number of hydrogen-bond donors (Lipinski definition) is 1. The first-order valence-electron chi connectivity index (χ1n) is 11.6. The molecule has 2 atom stereocenters. The van der Waals surface area contributed by atoms with Gasteiger partial charge in [0.05, 0.1) is 23.2 Å². The van der Waals surface area contributed by atoms with E-state index in [4.69, 9.17) is 14.5 Å². The molecule has 5 rings (SSSR count). The number of piperazine rings is 1. The number of hydrogen-bond acceptors (Lipinski definition) is 7. The van der Waals surface area contributed by atoms with Gasteiger partial charge in [0.15, 0.2) is 24.2 Å². The number of methoxy groups -OCH3 is 1. The number of ether oxygens (including phenoxy) is 2. The molecular formula is C25H27FN6O4. The molecule has 4 aromatic rings. The Kier molecular flexibility index (Phi) is 6.09. The number of benzene rings is 2. The molecule has 0 radical (unpaired) electrons. The Bertz CT molecular complexity index is 1450. The molecule has 1 aliphatic rings. The molecule has 0 aliphatic carbocycles. The molecule has 3 heterocycles. The number of carbonyl (C=O) groups is 1. The second-order valence-electron chi connectivity index (χ2n) is 9.09. The standard InChI is InChI=1S/C25H27FN6O4/c1-14-10-31(11-15(2)32(14)25(33)34)18-5-6-20-16(7-18)9-27-24(28-20)19-8-17-12-30(3)29-22(17)21(26)23(19)36-13-35-4/h5-9,12,14-15H,10-11,13H2,1-4H3,(H,33,34)/t14-,15+. The summed E-state index contributed by atoms with van der Waals surface area (Å²) in [7, 11) is 3.19. The SMILES string of the molecule is COCOc1c(-c2ncc3cc(N4C[C@@H](C)N(C(=O)O)[C@@H](C)C4)ccc3n2)cc2cn(C)nc2c1F. The zero-order chi connectivity index (χ0) is 25.6. The predicted octanol–water partition coefficient (Wildman–Crippen LogP) is 3.88. The van der Waals surface area contributed by atoms with Gasteiger partial charge in [-0.2, -0.15) is 5.10 Å². The van der Waals surface area contributed by atoms with Crippen molar-refractivity contribution in [3.8, 4) is 17.1 Å². The van der Waals surface area contributed by atoms with Crippen LogP contribution in [-0.2, 0) is 11.8 Å². The monoisotopic (exact) mass is 494 g/mol. The van der Waals surface area contributed by atoms with Gasteiger partial charge in [-0.15, -0.1) is 0 Å². The van der Waals surface area contributed by atoms with Crippen molar-refractivity contribution in [2.24, 2.45) is 7.05 Å². The number of amides is 1. The van der Waals surface area contributed by atoms with E-state index in [2.05, 4.69) is 15.0 Å². The van der Waals surface area contributed by atoms with Crippen LogP contribution in [0.5, 0.6) is 5.75 Å². The molecular weight excluding hydrogens is 467 g/mol. The molecule has 188 valence electrons. The largest absolute Gasteiger partial charge is 0.465 e.